The molecule has 33 heavy (non-hydrogen) atoms. The van der Waals surface area contributed by atoms with Crippen LogP contribution in [0.4, 0.5) is 9.52 Å². The average molecular weight is 512 g/mol. The van der Waals surface area contributed by atoms with Gasteiger partial charge in [0, 0.05) is 44.0 Å². The third-order valence-electron chi connectivity index (χ3n) is 5.41. The summed E-state index contributed by atoms with van der Waals surface area (Å²) >= 11 is 7.24. The van der Waals surface area contributed by atoms with Crippen molar-refractivity contribution in [2.75, 3.05) is 45.3 Å². The van der Waals surface area contributed by atoms with Crippen molar-refractivity contribution in [2.45, 2.75) is 11.3 Å². The van der Waals surface area contributed by atoms with Gasteiger partial charge in [-0.05, 0) is 29.8 Å². The molecular weight excluding hydrogens is 489 g/mol. The first-order valence-electron chi connectivity index (χ1n) is 10.2. The van der Waals surface area contributed by atoms with Crippen LogP contribution in [0.1, 0.15) is 11.3 Å². The lowest BCUT2D eigenvalue weighted by Crippen LogP contribution is -2.48. The fraction of sp³-hybridized carbons (Fsp3) is 0.318. The minimum Gasteiger partial charge on any atom is -0.493 e. The zero-order valence-electron chi connectivity index (χ0n) is 18.1. The maximum atomic E-state index is 13.7. The normalized spacial score (nSPS) is 15.0. The second-order valence-corrected chi connectivity index (χ2v) is 10.6. The second kappa shape index (κ2) is 9.84. The Bertz CT molecular complexity index is 1240. The van der Waals surface area contributed by atoms with E-state index in [1.807, 2.05) is 5.38 Å². The Morgan fingerprint density at radius 1 is 1.06 bits per heavy atom. The molecule has 0 aliphatic carbocycles. The molecule has 0 atom stereocenters. The summed E-state index contributed by atoms with van der Waals surface area (Å²) < 4.78 is 51.8. The monoisotopic (exact) mass is 511 g/mol. The van der Waals surface area contributed by atoms with Crippen molar-refractivity contribution in [3.8, 4) is 11.5 Å². The smallest absolute Gasteiger partial charge is 0.243 e. The number of hydrogen-bond donors (Lipinski definition) is 0. The minimum absolute atomic E-state index is 0.0959. The first kappa shape index (κ1) is 23.7. The number of hydrogen-bond acceptors (Lipinski definition) is 7. The van der Waals surface area contributed by atoms with E-state index in [9.17, 15) is 12.8 Å². The van der Waals surface area contributed by atoms with E-state index in [0.717, 1.165) is 16.4 Å². The van der Waals surface area contributed by atoms with Crippen LogP contribution in [-0.4, -0.2) is 58.1 Å². The van der Waals surface area contributed by atoms with Gasteiger partial charge in [0.15, 0.2) is 16.6 Å². The van der Waals surface area contributed by atoms with E-state index in [-0.39, 0.29) is 9.92 Å². The highest BCUT2D eigenvalue weighted by Gasteiger charge is 2.30. The number of aromatic nitrogens is 1. The SMILES string of the molecule is COc1ccc(S(=O)(=O)N2CCN(c3nc(Cc4ccc(Cl)c(F)c4)cs3)CC2)cc1OC. The molecule has 0 N–H and O–H groups in total. The number of anilines is 1. The maximum Gasteiger partial charge on any atom is 0.243 e. The average Bonchev–Trinajstić information content (AvgIpc) is 3.29. The Morgan fingerprint density at radius 3 is 2.45 bits per heavy atom. The molecule has 3 aromatic rings. The molecule has 1 aliphatic heterocycles. The van der Waals surface area contributed by atoms with Crippen LogP contribution in [0.5, 0.6) is 11.5 Å². The number of rotatable bonds is 7. The highest BCUT2D eigenvalue weighted by Crippen LogP contribution is 2.31. The molecule has 1 saturated heterocycles. The van der Waals surface area contributed by atoms with Crippen LogP contribution in [0.2, 0.25) is 5.02 Å². The van der Waals surface area contributed by atoms with Crippen LogP contribution in [0.3, 0.4) is 0 Å². The number of piperazine rings is 1. The zero-order chi connectivity index (χ0) is 23.6. The van der Waals surface area contributed by atoms with Gasteiger partial charge in [0.05, 0.1) is 29.8 Å². The van der Waals surface area contributed by atoms with Crippen LogP contribution in [0.25, 0.3) is 0 Å². The van der Waals surface area contributed by atoms with Crippen LogP contribution in [0.15, 0.2) is 46.7 Å². The Morgan fingerprint density at radius 2 is 1.79 bits per heavy atom. The summed E-state index contributed by atoms with van der Waals surface area (Å²) in [7, 11) is -0.687. The number of methoxy groups -OCH3 is 2. The number of nitrogens with zero attached hydrogens (tertiary/aromatic N) is 3. The molecule has 11 heteroatoms. The predicted octanol–water partition coefficient (Wildman–Crippen LogP) is 4.05. The summed E-state index contributed by atoms with van der Waals surface area (Å²) in [6, 6.07) is 9.33. The molecule has 0 amide bonds. The van der Waals surface area contributed by atoms with Gasteiger partial charge in [-0.15, -0.1) is 11.3 Å². The lowest BCUT2D eigenvalue weighted by Gasteiger charge is -2.33. The van der Waals surface area contributed by atoms with Gasteiger partial charge >= 0.3 is 0 Å². The lowest BCUT2D eigenvalue weighted by molar-refractivity contribution is 0.353. The Balaban J connectivity index is 1.41. The largest absolute Gasteiger partial charge is 0.493 e. The van der Waals surface area contributed by atoms with Crippen molar-refractivity contribution in [3.63, 3.8) is 0 Å². The molecule has 0 spiro atoms. The van der Waals surface area contributed by atoms with Crippen LogP contribution in [0, 0.1) is 5.82 Å². The number of sulfonamides is 1. The minimum atomic E-state index is -3.66. The predicted molar refractivity (Wildman–Crippen MR) is 127 cm³/mol. The lowest BCUT2D eigenvalue weighted by atomic mass is 10.1. The molecule has 4 rings (SSSR count). The van der Waals surface area contributed by atoms with Gasteiger partial charge < -0.3 is 14.4 Å². The quantitative estimate of drug-likeness (QED) is 0.476. The van der Waals surface area contributed by atoms with Gasteiger partial charge in [-0.2, -0.15) is 4.31 Å². The van der Waals surface area contributed by atoms with Crippen LogP contribution in [-0.2, 0) is 16.4 Å². The number of ether oxygens (including phenoxy) is 2. The fourth-order valence-electron chi connectivity index (χ4n) is 3.63. The molecule has 0 bridgehead atoms. The van der Waals surface area contributed by atoms with E-state index < -0.39 is 15.8 Å². The Hall–Kier alpha value is -2.40. The summed E-state index contributed by atoms with van der Waals surface area (Å²) in [5, 5.41) is 2.86. The van der Waals surface area contributed by atoms with Gasteiger partial charge in [-0.25, -0.2) is 17.8 Å². The van der Waals surface area contributed by atoms with Gasteiger partial charge in [0.2, 0.25) is 10.0 Å². The van der Waals surface area contributed by atoms with Gasteiger partial charge in [-0.3, -0.25) is 0 Å². The third kappa shape index (κ3) is 5.08. The van der Waals surface area contributed by atoms with E-state index in [1.54, 1.807) is 12.1 Å². The number of benzene rings is 2. The molecule has 0 saturated carbocycles. The highest BCUT2D eigenvalue weighted by molar-refractivity contribution is 7.89. The molecule has 0 radical (unpaired) electrons. The summed E-state index contributed by atoms with van der Waals surface area (Å²) in [4.78, 5) is 6.89. The van der Waals surface area contributed by atoms with E-state index >= 15 is 0 Å². The summed E-state index contributed by atoms with van der Waals surface area (Å²) in [5.74, 6) is 0.395. The first-order chi connectivity index (χ1) is 15.8. The van der Waals surface area contributed by atoms with E-state index in [1.165, 1.54) is 54.1 Å². The van der Waals surface area contributed by atoms with Crippen molar-refractivity contribution in [3.05, 3.63) is 63.9 Å². The number of halogens is 2. The van der Waals surface area contributed by atoms with E-state index in [4.69, 9.17) is 21.1 Å². The van der Waals surface area contributed by atoms with Gasteiger partial charge in [0.25, 0.3) is 0 Å². The first-order valence-corrected chi connectivity index (χ1v) is 12.9. The third-order valence-corrected chi connectivity index (χ3v) is 8.56. The molecule has 7 nitrogen and oxygen atoms in total. The molecule has 1 aromatic heterocycles. The molecule has 176 valence electrons. The Kier molecular flexibility index (Phi) is 7.08. The fourth-order valence-corrected chi connectivity index (χ4v) is 6.06. The van der Waals surface area contributed by atoms with E-state index in [0.29, 0.717) is 44.1 Å². The van der Waals surface area contributed by atoms with Crippen LogP contribution < -0.4 is 14.4 Å². The van der Waals surface area contributed by atoms with E-state index in [2.05, 4.69) is 9.88 Å². The molecular formula is C22H23ClFN3O4S2. The molecule has 2 heterocycles. The summed E-state index contributed by atoms with van der Waals surface area (Å²) in [6.07, 6.45) is 0.498. The van der Waals surface area contributed by atoms with Gasteiger partial charge in [-0.1, -0.05) is 17.7 Å². The van der Waals surface area contributed by atoms with Crippen molar-refractivity contribution in [1.82, 2.24) is 9.29 Å². The van der Waals surface area contributed by atoms with Crippen molar-refractivity contribution in [1.29, 1.82) is 0 Å². The molecule has 2 aromatic carbocycles. The second-order valence-electron chi connectivity index (χ2n) is 7.45. The van der Waals surface area contributed by atoms with Crippen molar-refractivity contribution >= 4 is 38.1 Å². The summed E-state index contributed by atoms with van der Waals surface area (Å²) in [5.41, 5.74) is 1.62. The van der Waals surface area contributed by atoms with Gasteiger partial charge in [0.1, 0.15) is 5.82 Å². The maximum absolute atomic E-state index is 13.7. The highest BCUT2D eigenvalue weighted by atomic mass is 35.5. The topological polar surface area (TPSA) is 72.0 Å². The standard InChI is InChI=1S/C22H23ClFN3O4S2/c1-30-20-6-4-17(13-21(20)31-2)33(28,29)27-9-7-26(8-10-27)22-25-16(14-32-22)11-15-3-5-18(23)19(24)12-15/h3-6,12-14H,7-11H2,1-2H3. The molecule has 1 aliphatic rings. The summed E-state index contributed by atoms with van der Waals surface area (Å²) in [6.45, 7) is 1.73. The molecule has 0 unspecified atom stereocenters. The van der Waals surface area contributed by atoms with Crippen molar-refractivity contribution in [2.24, 2.45) is 0 Å². The molecule has 1 fully saturated rings. The van der Waals surface area contributed by atoms with Crippen molar-refractivity contribution < 1.29 is 22.3 Å². The van der Waals surface area contributed by atoms with Crippen LogP contribution >= 0.6 is 22.9 Å². The number of thiazole rings is 1. The Labute approximate surface area is 201 Å². The zero-order valence-corrected chi connectivity index (χ0v) is 20.5.